The van der Waals surface area contributed by atoms with Gasteiger partial charge in [-0.2, -0.15) is 4.98 Å². The van der Waals surface area contributed by atoms with Crippen molar-refractivity contribution in [2.45, 2.75) is 20.1 Å². The summed E-state index contributed by atoms with van der Waals surface area (Å²) < 4.78 is 10.6. The number of carbonyl (C=O) groups is 1. The minimum absolute atomic E-state index is 0.133. The number of aromatic nitrogens is 3. The molecular weight excluding hydrogens is 320 g/mol. The zero-order valence-electron chi connectivity index (χ0n) is 14.0. The van der Waals surface area contributed by atoms with E-state index in [1.807, 2.05) is 18.2 Å². The summed E-state index contributed by atoms with van der Waals surface area (Å²) in [5.41, 5.74) is 1.44. The van der Waals surface area contributed by atoms with Crippen LogP contribution < -0.4 is 4.74 Å². The van der Waals surface area contributed by atoms with E-state index in [9.17, 15) is 4.79 Å². The molecule has 3 aromatic rings. The van der Waals surface area contributed by atoms with Crippen LogP contribution >= 0.6 is 0 Å². The minimum atomic E-state index is -0.135. The van der Waals surface area contributed by atoms with E-state index in [1.165, 1.54) is 0 Å². The highest BCUT2D eigenvalue weighted by molar-refractivity contribution is 5.96. The van der Waals surface area contributed by atoms with E-state index < -0.39 is 0 Å². The molecule has 25 heavy (non-hydrogen) atoms. The monoisotopic (exact) mass is 338 g/mol. The summed E-state index contributed by atoms with van der Waals surface area (Å²) in [6, 6.07) is 10.9. The Bertz CT molecular complexity index is 848. The van der Waals surface area contributed by atoms with Crippen LogP contribution in [-0.2, 0) is 13.2 Å². The van der Waals surface area contributed by atoms with Crippen molar-refractivity contribution in [3.63, 3.8) is 0 Å². The van der Waals surface area contributed by atoms with Crippen LogP contribution in [0.1, 0.15) is 27.6 Å². The maximum Gasteiger partial charge on any atom is 0.257 e. The minimum Gasteiger partial charge on any atom is -0.485 e. The number of nitrogens with zero attached hydrogens (tertiary/aromatic N) is 4. The Morgan fingerprint density at radius 1 is 1.24 bits per heavy atom. The lowest BCUT2D eigenvalue weighted by Gasteiger charge is -2.19. The molecule has 1 amide bonds. The van der Waals surface area contributed by atoms with Crippen LogP contribution in [-0.4, -0.2) is 33.0 Å². The van der Waals surface area contributed by atoms with Crippen molar-refractivity contribution in [3.8, 4) is 5.75 Å². The van der Waals surface area contributed by atoms with Crippen LogP contribution in [0.25, 0.3) is 0 Å². The lowest BCUT2D eigenvalue weighted by Crippen LogP contribution is -2.26. The van der Waals surface area contributed by atoms with Gasteiger partial charge in [0.15, 0.2) is 6.61 Å². The van der Waals surface area contributed by atoms with E-state index in [4.69, 9.17) is 9.26 Å². The standard InChI is InChI=1S/C18H18N4O3/c1-13-20-17(21-25-13)12-24-16-8-4-3-7-15(16)18(23)22(2)11-14-6-5-9-19-10-14/h3-10H,11-12H2,1-2H3. The van der Waals surface area contributed by atoms with Gasteiger partial charge in [0.25, 0.3) is 5.91 Å². The maximum atomic E-state index is 12.8. The molecule has 0 aliphatic carbocycles. The van der Waals surface area contributed by atoms with Gasteiger partial charge in [-0.3, -0.25) is 9.78 Å². The predicted molar refractivity (Wildman–Crippen MR) is 89.8 cm³/mol. The van der Waals surface area contributed by atoms with Crippen molar-refractivity contribution in [1.82, 2.24) is 20.0 Å². The largest absolute Gasteiger partial charge is 0.485 e. The molecule has 1 aromatic carbocycles. The molecule has 0 saturated carbocycles. The van der Waals surface area contributed by atoms with E-state index >= 15 is 0 Å². The molecule has 0 saturated heterocycles. The maximum absolute atomic E-state index is 12.8. The highest BCUT2D eigenvalue weighted by atomic mass is 16.5. The van der Waals surface area contributed by atoms with Crippen LogP contribution in [0.5, 0.6) is 5.75 Å². The summed E-state index contributed by atoms with van der Waals surface area (Å²) in [6.07, 6.45) is 3.44. The molecule has 0 fully saturated rings. The highest BCUT2D eigenvalue weighted by Gasteiger charge is 2.17. The number of para-hydroxylation sites is 1. The molecule has 128 valence electrons. The lowest BCUT2D eigenvalue weighted by molar-refractivity contribution is 0.0780. The van der Waals surface area contributed by atoms with Crippen molar-refractivity contribution in [1.29, 1.82) is 0 Å². The van der Waals surface area contributed by atoms with Crippen LogP contribution in [0, 0.1) is 6.92 Å². The van der Waals surface area contributed by atoms with E-state index in [0.717, 1.165) is 5.56 Å². The van der Waals surface area contributed by atoms with Crippen LogP contribution in [0.15, 0.2) is 53.3 Å². The average molecular weight is 338 g/mol. The fourth-order valence-corrected chi connectivity index (χ4v) is 2.35. The Hall–Kier alpha value is -3.22. The molecule has 0 spiro atoms. The molecule has 7 nitrogen and oxygen atoms in total. The van der Waals surface area contributed by atoms with Crippen molar-refractivity contribution >= 4 is 5.91 Å². The lowest BCUT2D eigenvalue weighted by atomic mass is 10.1. The number of pyridine rings is 1. The molecule has 2 heterocycles. The predicted octanol–water partition coefficient (Wildman–Crippen LogP) is 2.62. The summed E-state index contributed by atoms with van der Waals surface area (Å²) in [6.45, 7) is 2.31. The van der Waals surface area contributed by atoms with E-state index in [0.29, 0.717) is 29.6 Å². The molecule has 0 aliphatic rings. The highest BCUT2D eigenvalue weighted by Crippen LogP contribution is 2.21. The molecule has 0 unspecified atom stereocenters. The van der Waals surface area contributed by atoms with Crippen LogP contribution in [0.2, 0.25) is 0 Å². The molecule has 2 aromatic heterocycles. The van der Waals surface area contributed by atoms with Crippen molar-refractivity contribution in [2.75, 3.05) is 7.05 Å². The Labute approximate surface area is 145 Å². The number of carbonyl (C=O) groups excluding carboxylic acids is 1. The normalized spacial score (nSPS) is 10.5. The molecule has 0 atom stereocenters. The van der Waals surface area contributed by atoms with E-state index in [-0.39, 0.29) is 12.5 Å². The molecule has 3 rings (SSSR count). The van der Waals surface area contributed by atoms with E-state index in [1.54, 1.807) is 49.5 Å². The summed E-state index contributed by atoms with van der Waals surface area (Å²) in [5.74, 6) is 1.25. The number of rotatable bonds is 6. The van der Waals surface area contributed by atoms with Crippen molar-refractivity contribution in [3.05, 3.63) is 71.6 Å². The third-order valence-electron chi connectivity index (χ3n) is 3.53. The van der Waals surface area contributed by atoms with Gasteiger partial charge in [-0.1, -0.05) is 23.4 Å². The summed E-state index contributed by atoms with van der Waals surface area (Å²) >= 11 is 0. The number of ether oxygens (including phenoxy) is 1. The van der Waals surface area contributed by atoms with Gasteiger partial charge >= 0.3 is 0 Å². The second kappa shape index (κ2) is 7.57. The quantitative estimate of drug-likeness (QED) is 0.687. The van der Waals surface area contributed by atoms with Gasteiger partial charge in [-0.05, 0) is 23.8 Å². The molecule has 0 radical (unpaired) electrons. The van der Waals surface area contributed by atoms with Gasteiger partial charge in [0, 0.05) is 32.9 Å². The molecule has 0 N–H and O–H groups in total. The first-order valence-electron chi connectivity index (χ1n) is 7.79. The molecular formula is C18H18N4O3. The first kappa shape index (κ1) is 16.6. The third kappa shape index (κ3) is 4.20. The van der Waals surface area contributed by atoms with Gasteiger partial charge in [-0.15, -0.1) is 0 Å². The van der Waals surface area contributed by atoms with Gasteiger partial charge in [0.1, 0.15) is 5.75 Å². The average Bonchev–Trinajstić information content (AvgIpc) is 3.06. The topological polar surface area (TPSA) is 81.4 Å². The second-order valence-electron chi connectivity index (χ2n) is 5.54. The Morgan fingerprint density at radius 3 is 2.80 bits per heavy atom. The smallest absolute Gasteiger partial charge is 0.257 e. The summed E-state index contributed by atoms with van der Waals surface area (Å²) in [5, 5.41) is 3.78. The Balaban J connectivity index is 1.71. The molecule has 0 bridgehead atoms. The van der Waals surface area contributed by atoms with Crippen LogP contribution in [0.4, 0.5) is 0 Å². The fourth-order valence-electron chi connectivity index (χ4n) is 2.35. The number of benzene rings is 1. The molecule has 0 aliphatic heterocycles. The number of amides is 1. The number of hydrogen-bond donors (Lipinski definition) is 0. The van der Waals surface area contributed by atoms with Gasteiger partial charge in [-0.25, -0.2) is 0 Å². The first-order valence-corrected chi connectivity index (χ1v) is 7.79. The summed E-state index contributed by atoms with van der Waals surface area (Å²) in [4.78, 5) is 22.5. The Kier molecular flexibility index (Phi) is 5.03. The Morgan fingerprint density at radius 2 is 2.08 bits per heavy atom. The molecule has 7 heteroatoms. The van der Waals surface area contributed by atoms with Crippen LogP contribution in [0.3, 0.4) is 0 Å². The number of hydrogen-bond acceptors (Lipinski definition) is 6. The van der Waals surface area contributed by atoms with E-state index in [2.05, 4.69) is 15.1 Å². The third-order valence-corrected chi connectivity index (χ3v) is 3.53. The summed E-state index contributed by atoms with van der Waals surface area (Å²) in [7, 11) is 1.74. The van der Waals surface area contributed by atoms with Gasteiger partial charge < -0.3 is 14.2 Å². The van der Waals surface area contributed by atoms with Gasteiger partial charge in [0.2, 0.25) is 11.7 Å². The van der Waals surface area contributed by atoms with Crippen molar-refractivity contribution < 1.29 is 14.1 Å². The van der Waals surface area contributed by atoms with Crippen molar-refractivity contribution in [2.24, 2.45) is 0 Å². The zero-order valence-corrected chi connectivity index (χ0v) is 14.0. The fraction of sp³-hybridized carbons (Fsp3) is 0.222. The first-order chi connectivity index (χ1) is 12.1. The second-order valence-corrected chi connectivity index (χ2v) is 5.54. The zero-order chi connectivity index (χ0) is 17.6. The van der Waals surface area contributed by atoms with Gasteiger partial charge in [0.05, 0.1) is 5.56 Å². The SMILES string of the molecule is Cc1nc(COc2ccccc2C(=O)N(C)Cc2cccnc2)no1. The number of aryl methyl sites for hydroxylation is 1.